The van der Waals surface area contributed by atoms with Crippen LogP contribution >= 0.6 is 15.9 Å². The number of guanidine groups is 1. The fourth-order valence-corrected chi connectivity index (χ4v) is 4.95. The van der Waals surface area contributed by atoms with Gasteiger partial charge in [-0.1, -0.05) is 29.3 Å². The van der Waals surface area contributed by atoms with Crippen LogP contribution in [0.5, 0.6) is 0 Å². The fourth-order valence-electron chi connectivity index (χ4n) is 3.19. The molecular formula is C18H27BrFN3OS. The average Bonchev–Trinajstić information content (AvgIpc) is 2.63. The lowest BCUT2D eigenvalue weighted by Gasteiger charge is -2.30. The van der Waals surface area contributed by atoms with Crippen LogP contribution in [0.2, 0.25) is 0 Å². The Morgan fingerprint density at radius 2 is 2.24 bits per heavy atom. The molecule has 3 unspecified atom stereocenters. The third-order valence-corrected chi connectivity index (χ3v) is 6.78. The molecule has 0 spiro atoms. The molecule has 0 aliphatic heterocycles. The lowest BCUT2D eigenvalue weighted by atomic mass is 9.95. The van der Waals surface area contributed by atoms with E-state index in [1.165, 1.54) is 6.07 Å². The fraction of sp³-hybridized carbons (Fsp3) is 0.611. The molecule has 1 fully saturated rings. The Bertz CT molecular complexity index is 626. The van der Waals surface area contributed by atoms with Crippen LogP contribution in [0.4, 0.5) is 4.39 Å². The summed E-state index contributed by atoms with van der Waals surface area (Å²) in [6.07, 6.45) is 4.71. The summed E-state index contributed by atoms with van der Waals surface area (Å²) in [5, 5.41) is 6.96. The molecule has 0 aromatic heterocycles. The normalized spacial score (nSPS) is 22.5. The van der Waals surface area contributed by atoms with E-state index in [9.17, 15) is 8.60 Å². The van der Waals surface area contributed by atoms with Gasteiger partial charge in [0.2, 0.25) is 0 Å². The first kappa shape index (κ1) is 20.4. The quantitative estimate of drug-likeness (QED) is 0.536. The zero-order valence-electron chi connectivity index (χ0n) is 14.9. The van der Waals surface area contributed by atoms with E-state index in [2.05, 4.69) is 31.6 Å². The van der Waals surface area contributed by atoms with Crippen molar-refractivity contribution in [3.63, 3.8) is 0 Å². The van der Waals surface area contributed by atoms with Crippen molar-refractivity contribution in [2.45, 2.75) is 50.3 Å². The molecule has 2 rings (SSSR count). The van der Waals surface area contributed by atoms with Crippen LogP contribution in [0.25, 0.3) is 0 Å². The van der Waals surface area contributed by atoms with Gasteiger partial charge in [0.25, 0.3) is 0 Å². The molecule has 1 aromatic rings. The smallest absolute Gasteiger partial charge is 0.191 e. The zero-order chi connectivity index (χ0) is 18.2. The highest BCUT2D eigenvalue weighted by atomic mass is 79.9. The van der Waals surface area contributed by atoms with Crippen LogP contribution in [0.15, 0.2) is 27.7 Å². The maximum Gasteiger partial charge on any atom is 0.191 e. The zero-order valence-corrected chi connectivity index (χ0v) is 17.3. The van der Waals surface area contributed by atoms with Gasteiger partial charge in [-0.3, -0.25) is 9.20 Å². The topological polar surface area (TPSA) is 53.5 Å². The van der Waals surface area contributed by atoms with Crippen molar-refractivity contribution >= 4 is 32.7 Å². The Kier molecular flexibility index (Phi) is 8.36. The first-order chi connectivity index (χ1) is 12.0. The number of nitrogens with zero attached hydrogens (tertiary/aromatic N) is 1. The average molecular weight is 432 g/mol. The van der Waals surface area contributed by atoms with Gasteiger partial charge in [-0.2, -0.15) is 0 Å². The van der Waals surface area contributed by atoms with Gasteiger partial charge in [0.05, 0.1) is 0 Å². The van der Waals surface area contributed by atoms with E-state index in [4.69, 9.17) is 0 Å². The summed E-state index contributed by atoms with van der Waals surface area (Å²) in [5.41, 5.74) is 0.674. The Morgan fingerprint density at radius 1 is 1.44 bits per heavy atom. The van der Waals surface area contributed by atoms with E-state index in [-0.39, 0.29) is 11.1 Å². The van der Waals surface area contributed by atoms with Gasteiger partial charge in [-0.05, 0) is 49.4 Å². The molecule has 4 nitrogen and oxygen atoms in total. The van der Waals surface area contributed by atoms with Crippen molar-refractivity contribution in [2.75, 3.05) is 19.3 Å². The number of nitrogens with one attached hydrogen (secondary N) is 2. The molecule has 0 heterocycles. The Balaban J connectivity index is 1.82. The van der Waals surface area contributed by atoms with Crippen LogP contribution in [0.3, 0.4) is 0 Å². The van der Waals surface area contributed by atoms with E-state index < -0.39 is 10.8 Å². The van der Waals surface area contributed by atoms with Crippen LogP contribution in [0.1, 0.15) is 38.2 Å². The summed E-state index contributed by atoms with van der Waals surface area (Å²) in [7, 11) is 1.00. The molecule has 3 atom stereocenters. The second-order valence-electron chi connectivity index (χ2n) is 6.28. The molecule has 1 aliphatic rings. The minimum absolute atomic E-state index is 0.190. The maximum absolute atomic E-state index is 13.8. The van der Waals surface area contributed by atoms with Crippen molar-refractivity contribution < 1.29 is 8.60 Å². The minimum atomic E-state index is -0.732. The minimum Gasteiger partial charge on any atom is -0.356 e. The highest BCUT2D eigenvalue weighted by Gasteiger charge is 2.25. The van der Waals surface area contributed by atoms with Crippen molar-refractivity contribution in [2.24, 2.45) is 4.99 Å². The second kappa shape index (κ2) is 10.3. The Labute approximate surface area is 160 Å². The van der Waals surface area contributed by atoms with Crippen molar-refractivity contribution in [3.05, 3.63) is 34.1 Å². The van der Waals surface area contributed by atoms with Crippen molar-refractivity contribution in [1.29, 1.82) is 0 Å². The summed E-state index contributed by atoms with van der Waals surface area (Å²) in [6.45, 7) is 2.58. The summed E-state index contributed by atoms with van der Waals surface area (Å²) in [6, 6.07) is 5.27. The molecule has 0 amide bonds. The van der Waals surface area contributed by atoms with Gasteiger partial charge < -0.3 is 10.6 Å². The lowest BCUT2D eigenvalue weighted by Crippen LogP contribution is -2.47. The number of hydrogen-bond donors (Lipinski definition) is 2. The summed E-state index contributed by atoms with van der Waals surface area (Å²) in [5.74, 6) is 1.26. The van der Waals surface area contributed by atoms with E-state index in [1.807, 2.05) is 6.92 Å². The molecule has 140 valence electrons. The molecule has 1 saturated carbocycles. The molecule has 0 saturated heterocycles. The Hall–Kier alpha value is -0.950. The van der Waals surface area contributed by atoms with Crippen molar-refractivity contribution in [3.8, 4) is 0 Å². The number of aliphatic imine (C=N–C) groups is 1. The largest absolute Gasteiger partial charge is 0.356 e. The van der Waals surface area contributed by atoms with Gasteiger partial charge >= 0.3 is 0 Å². The molecule has 1 aromatic carbocycles. The second-order valence-corrected chi connectivity index (χ2v) is 9.21. The molecule has 0 radical (unpaired) electrons. The first-order valence-corrected chi connectivity index (χ1v) is 11.0. The van der Waals surface area contributed by atoms with Crippen LogP contribution in [-0.4, -0.2) is 40.8 Å². The van der Waals surface area contributed by atoms with Gasteiger partial charge in [0, 0.05) is 45.9 Å². The number of halogens is 2. The maximum atomic E-state index is 13.8. The molecule has 1 aliphatic carbocycles. The monoisotopic (exact) mass is 431 g/mol. The number of benzene rings is 1. The molecule has 2 N–H and O–H groups in total. The van der Waals surface area contributed by atoms with Gasteiger partial charge in [0.15, 0.2) is 5.96 Å². The SMILES string of the molecule is CCS(=O)C1CCCC(NC(=NC)NCCc2cc(Br)ccc2F)C1. The number of hydrogen-bond acceptors (Lipinski definition) is 2. The van der Waals surface area contributed by atoms with Gasteiger partial charge in [0.1, 0.15) is 5.82 Å². The van der Waals surface area contributed by atoms with Gasteiger partial charge in [-0.25, -0.2) is 4.39 Å². The predicted molar refractivity (Wildman–Crippen MR) is 107 cm³/mol. The Morgan fingerprint density at radius 3 is 2.96 bits per heavy atom. The van der Waals surface area contributed by atoms with Crippen LogP contribution in [-0.2, 0) is 17.2 Å². The summed E-state index contributed by atoms with van der Waals surface area (Å²) in [4.78, 5) is 4.26. The highest BCUT2D eigenvalue weighted by Crippen LogP contribution is 2.23. The molecule has 0 bridgehead atoms. The summed E-state index contributed by atoms with van der Waals surface area (Å²) >= 11 is 3.37. The third kappa shape index (κ3) is 6.37. The van der Waals surface area contributed by atoms with Crippen molar-refractivity contribution in [1.82, 2.24) is 10.6 Å². The number of rotatable bonds is 6. The van der Waals surface area contributed by atoms with E-state index in [0.29, 0.717) is 24.6 Å². The van der Waals surface area contributed by atoms with E-state index in [1.54, 1.807) is 19.2 Å². The lowest BCUT2D eigenvalue weighted by molar-refractivity contribution is 0.413. The van der Waals surface area contributed by atoms with Crippen LogP contribution < -0.4 is 10.6 Å². The molecule has 7 heteroatoms. The molecular weight excluding hydrogens is 405 g/mol. The third-order valence-electron chi connectivity index (χ3n) is 4.54. The van der Waals surface area contributed by atoms with E-state index in [0.717, 1.165) is 41.9 Å². The van der Waals surface area contributed by atoms with E-state index >= 15 is 0 Å². The first-order valence-electron chi connectivity index (χ1n) is 8.81. The van der Waals surface area contributed by atoms with Gasteiger partial charge in [-0.15, -0.1) is 0 Å². The van der Waals surface area contributed by atoms with Crippen LogP contribution in [0, 0.1) is 5.82 Å². The standard InChI is InChI=1S/C18H27BrFN3OS/c1-3-25(24)16-6-4-5-15(12-16)23-18(21-2)22-10-9-13-11-14(19)7-8-17(13)20/h7-8,11,15-16H,3-6,9-10,12H2,1-2H3,(H2,21,22,23). The summed E-state index contributed by atoms with van der Waals surface area (Å²) < 4.78 is 26.7. The highest BCUT2D eigenvalue weighted by molar-refractivity contribution is 9.10. The molecule has 25 heavy (non-hydrogen) atoms. The predicted octanol–water partition coefficient (Wildman–Crippen LogP) is 3.38.